The molecule has 1 saturated heterocycles. The topological polar surface area (TPSA) is 78.8 Å². The number of benzene rings is 1. The van der Waals surface area contributed by atoms with Crippen molar-refractivity contribution in [3.8, 4) is 11.5 Å². The molecule has 1 atom stereocenters. The van der Waals surface area contributed by atoms with Gasteiger partial charge in [-0.15, -0.1) is 0 Å². The zero-order chi connectivity index (χ0) is 11.1. The number of nitrogens with one attached hydrogen (secondary N) is 1. The zero-order valence-corrected chi connectivity index (χ0v) is 8.15. The minimum atomic E-state index is -0.701. The first-order chi connectivity index (χ1) is 6.99. The van der Waals surface area contributed by atoms with Crippen LogP contribution in [0.1, 0.15) is 12.5 Å². The highest BCUT2D eigenvalue weighted by atomic mass is 16.6. The fourth-order valence-electron chi connectivity index (χ4n) is 1.58. The Morgan fingerprint density at radius 2 is 1.93 bits per heavy atom. The van der Waals surface area contributed by atoms with Gasteiger partial charge in [-0.2, -0.15) is 0 Å². The molecule has 3 N–H and O–H groups in total. The molecule has 1 aromatic rings. The molecule has 15 heavy (non-hydrogen) atoms. The summed E-state index contributed by atoms with van der Waals surface area (Å²) < 4.78 is 4.79. The van der Waals surface area contributed by atoms with Crippen LogP contribution in [-0.2, 0) is 10.3 Å². The second-order valence-corrected chi connectivity index (χ2v) is 3.77. The van der Waals surface area contributed by atoms with Gasteiger partial charge in [0.1, 0.15) is 23.6 Å². The van der Waals surface area contributed by atoms with Gasteiger partial charge in [0.05, 0.1) is 0 Å². The van der Waals surface area contributed by atoms with Crippen LogP contribution in [0.5, 0.6) is 11.5 Å². The van der Waals surface area contributed by atoms with Crippen molar-refractivity contribution in [3.63, 3.8) is 0 Å². The fourth-order valence-corrected chi connectivity index (χ4v) is 1.58. The van der Waals surface area contributed by atoms with Gasteiger partial charge in [0, 0.05) is 6.07 Å². The first-order valence-electron chi connectivity index (χ1n) is 4.48. The van der Waals surface area contributed by atoms with Crippen molar-refractivity contribution in [1.29, 1.82) is 0 Å². The third-order valence-corrected chi connectivity index (χ3v) is 2.41. The second kappa shape index (κ2) is 3.05. The summed E-state index contributed by atoms with van der Waals surface area (Å²) in [6, 6.07) is 4.19. The van der Waals surface area contributed by atoms with Crippen molar-refractivity contribution >= 4 is 6.09 Å². The Morgan fingerprint density at radius 3 is 2.40 bits per heavy atom. The number of amides is 1. The molecular formula is C10H11NO4. The zero-order valence-electron chi connectivity index (χ0n) is 8.15. The van der Waals surface area contributed by atoms with Crippen LogP contribution >= 0.6 is 0 Å². The van der Waals surface area contributed by atoms with Gasteiger partial charge in [-0.1, -0.05) is 0 Å². The summed E-state index contributed by atoms with van der Waals surface area (Å²) in [5.74, 6) is -0.0975. The monoisotopic (exact) mass is 209 g/mol. The van der Waals surface area contributed by atoms with Crippen molar-refractivity contribution in [1.82, 2.24) is 5.32 Å². The second-order valence-electron chi connectivity index (χ2n) is 3.77. The van der Waals surface area contributed by atoms with Gasteiger partial charge in [0.15, 0.2) is 0 Å². The lowest BCUT2D eigenvalue weighted by atomic mass is 9.93. The molecule has 0 aliphatic carbocycles. The van der Waals surface area contributed by atoms with Crippen LogP contribution in [0.4, 0.5) is 4.79 Å². The standard InChI is InChI=1S/C10H11NO4/c1-10(5-15-9(14)11-10)6-2-7(12)4-8(13)3-6/h2-4,12-13H,5H2,1H3,(H,11,14). The molecule has 1 unspecified atom stereocenters. The number of hydrogen-bond acceptors (Lipinski definition) is 4. The van der Waals surface area contributed by atoms with Gasteiger partial charge >= 0.3 is 6.09 Å². The molecule has 80 valence electrons. The molecule has 1 aliphatic rings. The number of carbonyl (C=O) groups is 1. The molecule has 1 aliphatic heterocycles. The summed E-state index contributed by atoms with van der Waals surface area (Å²) in [5, 5.41) is 21.3. The lowest BCUT2D eigenvalue weighted by Gasteiger charge is -2.21. The van der Waals surface area contributed by atoms with E-state index >= 15 is 0 Å². The molecule has 1 aromatic carbocycles. The third-order valence-electron chi connectivity index (χ3n) is 2.41. The first kappa shape index (κ1) is 9.64. The summed E-state index contributed by atoms with van der Waals surface area (Å²) in [7, 11) is 0. The number of phenols is 2. The van der Waals surface area contributed by atoms with Crippen molar-refractivity contribution < 1.29 is 19.7 Å². The Labute approximate surface area is 86.3 Å². The molecule has 0 aromatic heterocycles. The number of aromatic hydroxyl groups is 2. The van der Waals surface area contributed by atoms with Crippen LogP contribution in [0, 0.1) is 0 Å². The lowest BCUT2D eigenvalue weighted by Crippen LogP contribution is -2.37. The number of carbonyl (C=O) groups excluding carboxylic acids is 1. The molecular weight excluding hydrogens is 198 g/mol. The van der Waals surface area contributed by atoms with Gasteiger partial charge in [-0.25, -0.2) is 4.79 Å². The maximum atomic E-state index is 10.9. The molecule has 5 heteroatoms. The minimum Gasteiger partial charge on any atom is -0.508 e. The Morgan fingerprint density at radius 1 is 1.33 bits per heavy atom. The fraction of sp³-hybridized carbons (Fsp3) is 0.300. The minimum absolute atomic E-state index is 0.0487. The summed E-state index contributed by atoms with van der Waals surface area (Å²) >= 11 is 0. The molecule has 0 spiro atoms. The summed E-state index contributed by atoms with van der Waals surface area (Å²) in [4.78, 5) is 10.9. The molecule has 0 radical (unpaired) electrons. The van der Waals surface area contributed by atoms with Gasteiger partial charge in [0.25, 0.3) is 0 Å². The molecule has 1 heterocycles. The highest BCUT2D eigenvalue weighted by Gasteiger charge is 2.37. The molecule has 0 bridgehead atoms. The van der Waals surface area contributed by atoms with Crippen LogP contribution in [0.15, 0.2) is 18.2 Å². The summed E-state index contributed by atoms with van der Waals surface area (Å²) in [6.07, 6.45) is -0.500. The van der Waals surface area contributed by atoms with E-state index in [2.05, 4.69) is 5.32 Å². The average molecular weight is 209 g/mol. The van der Waals surface area contributed by atoms with Gasteiger partial charge < -0.3 is 20.3 Å². The maximum Gasteiger partial charge on any atom is 0.408 e. The Balaban J connectivity index is 2.40. The van der Waals surface area contributed by atoms with Crippen LogP contribution in [0.2, 0.25) is 0 Å². The van der Waals surface area contributed by atoms with Crippen molar-refractivity contribution in [2.45, 2.75) is 12.5 Å². The summed E-state index contributed by atoms with van der Waals surface area (Å²) in [6.45, 7) is 1.93. The van der Waals surface area contributed by atoms with E-state index in [4.69, 9.17) is 4.74 Å². The van der Waals surface area contributed by atoms with Crippen molar-refractivity contribution in [3.05, 3.63) is 23.8 Å². The Bertz CT molecular complexity index is 398. The van der Waals surface area contributed by atoms with Gasteiger partial charge in [-0.05, 0) is 24.6 Å². The smallest absolute Gasteiger partial charge is 0.408 e. The molecule has 2 rings (SSSR count). The van der Waals surface area contributed by atoms with Crippen LogP contribution < -0.4 is 5.32 Å². The first-order valence-corrected chi connectivity index (χ1v) is 4.48. The largest absolute Gasteiger partial charge is 0.508 e. The summed E-state index contributed by atoms with van der Waals surface area (Å²) in [5.41, 5.74) is -0.0984. The highest BCUT2D eigenvalue weighted by molar-refractivity contribution is 5.71. The molecule has 0 saturated carbocycles. The SMILES string of the molecule is CC1(c2cc(O)cc(O)c2)COC(=O)N1. The number of ether oxygens (including phenoxy) is 1. The number of rotatable bonds is 1. The lowest BCUT2D eigenvalue weighted by molar-refractivity contribution is 0.173. The average Bonchev–Trinajstić information content (AvgIpc) is 2.46. The number of cyclic esters (lactones) is 1. The normalized spacial score (nSPS) is 24.7. The number of phenolic OH excluding ortho intramolecular Hbond substituents is 2. The van der Waals surface area contributed by atoms with E-state index in [1.165, 1.54) is 18.2 Å². The van der Waals surface area contributed by atoms with Crippen molar-refractivity contribution in [2.75, 3.05) is 6.61 Å². The maximum absolute atomic E-state index is 10.9. The van der Waals surface area contributed by atoms with E-state index in [1.54, 1.807) is 6.92 Å². The van der Waals surface area contributed by atoms with E-state index in [0.717, 1.165) is 0 Å². The number of alkyl carbamates (subject to hydrolysis) is 1. The van der Waals surface area contributed by atoms with Crippen LogP contribution in [0.3, 0.4) is 0 Å². The highest BCUT2D eigenvalue weighted by Crippen LogP contribution is 2.31. The Kier molecular flexibility index (Phi) is 1.96. The van der Waals surface area contributed by atoms with Gasteiger partial charge in [-0.3, -0.25) is 0 Å². The predicted molar refractivity (Wildman–Crippen MR) is 51.6 cm³/mol. The van der Waals surface area contributed by atoms with E-state index < -0.39 is 11.6 Å². The van der Waals surface area contributed by atoms with E-state index in [0.29, 0.717) is 5.56 Å². The van der Waals surface area contributed by atoms with E-state index in [-0.39, 0.29) is 18.1 Å². The molecule has 1 fully saturated rings. The number of hydrogen-bond donors (Lipinski definition) is 3. The van der Waals surface area contributed by atoms with Gasteiger partial charge in [0.2, 0.25) is 0 Å². The van der Waals surface area contributed by atoms with E-state index in [1.807, 2.05) is 0 Å². The quantitative estimate of drug-likeness (QED) is 0.646. The van der Waals surface area contributed by atoms with Crippen LogP contribution in [0.25, 0.3) is 0 Å². The third kappa shape index (κ3) is 1.68. The van der Waals surface area contributed by atoms with Crippen molar-refractivity contribution in [2.24, 2.45) is 0 Å². The Hall–Kier alpha value is -1.91. The molecule has 1 amide bonds. The molecule has 5 nitrogen and oxygen atoms in total. The van der Waals surface area contributed by atoms with E-state index in [9.17, 15) is 15.0 Å². The van der Waals surface area contributed by atoms with Crippen LogP contribution in [-0.4, -0.2) is 22.9 Å². The predicted octanol–water partition coefficient (Wildman–Crippen LogP) is 1.05.